The summed E-state index contributed by atoms with van der Waals surface area (Å²) in [6.07, 6.45) is 1.98. The van der Waals surface area contributed by atoms with Crippen LogP contribution in [0.3, 0.4) is 0 Å². The molecule has 6 nitrogen and oxygen atoms in total. The van der Waals surface area contributed by atoms with Gasteiger partial charge in [0.2, 0.25) is 6.79 Å². The smallest absolute Gasteiger partial charge is 0.251 e. The highest BCUT2D eigenvalue weighted by molar-refractivity contribution is 9.10. The molecule has 2 aliphatic rings. The number of hydrogen-bond acceptors (Lipinski definition) is 5. The van der Waals surface area contributed by atoms with E-state index < -0.39 is 0 Å². The fourth-order valence-corrected chi connectivity index (χ4v) is 3.66. The van der Waals surface area contributed by atoms with Crippen LogP contribution >= 0.6 is 15.9 Å². The Bertz CT molecular complexity index is 582. The summed E-state index contributed by atoms with van der Waals surface area (Å²) in [5.41, 5.74) is 0.561. The normalized spacial score (nSPS) is 18.7. The molecule has 0 unspecified atom stereocenters. The number of halogens is 1. The van der Waals surface area contributed by atoms with Gasteiger partial charge in [-0.1, -0.05) is 0 Å². The molecule has 3 rings (SSSR count). The van der Waals surface area contributed by atoms with E-state index in [1.54, 1.807) is 19.2 Å². The van der Waals surface area contributed by atoms with Crippen molar-refractivity contribution in [3.63, 3.8) is 0 Å². The van der Waals surface area contributed by atoms with Gasteiger partial charge < -0.3 is 24.8 Å². The lowest BCUT2D eigenvalue weighted by molar-refractivity contribution is 0.0511. The topological polar surface area (TPSA) is 68.8 Å². The van der Waals surface area contributed by atoms with E-state index >= 15 is 0 Å². The van der Waals surface area contributed by atoms with Gasteiger partial charge in [-0.3, -0.25) is 4.79 Å². The van der Waals surface area contributed by atoms with E-state index in [1.807, 2.05) is 0 Å². The van der Waals surface area contributed by atoms with Crippen LogP contribution in [-0.4, -0.2) is 46.1 Å². The van der Waals surface area contributed by atoms with Gasteiger partial charge in [-0.25, -0.2) is 0 Å². The molecule has 0 radical (unpaired) electrons. The molecule has 1 aromatic carbocycles. The zero-order chi connectivity index (χ0) is 16.3. The Hall–Kier alpha value is -1.31. The minimum Gasteiger partial charge on any atom is -0.454 e. The van der Waals surface area contributed by atoms with Crippen LogP contribution in [0, 0.1) is 5.41 Å². The van der Waals surface area contributed by atoms with Gasteiger partial charge in [0.25, 0.3) is 5.91 Å². The van der Waals surface area contributed by atoms with Crippen LogP contribution in [0.25, 0.3) is 0 Å². The predicted molar refractivity (Wildman–Crippen MR) is 89.0 cm³/mol. The minimum absolute atomic E-state index is 0.00321. The number of fused-ring (bicyclic) bond motifs is 1. The van der Waals surface area contributed by atoms with Gasteiger partial charge >= 0.3 is 0 Å². The van der Waals surface area contributed by atoms with Gasteiger partial charge in [-0.15, -0.1) is 0 Å². The molecule has 1 saturated heterocycles. The first kappa shape index (κ1) is 16.5. The Morgan fingerprint density at radius 3 is 2.91 bits per heavy atom. The lowest BCUT2D eigenvalue weighted by Crippen LogP contribution is -2.47. The molecule has 7 heteroatoms. The van der Waals surface area contributed by atoms with Crippen molar-refractivity contribution in [3.05, 3.63) is 22.2 Å². The second kappa shape index (κ2) is 7.07. The van der Waals surface area contributed by atoms with Crippen molar-refractivity contribution >= 4 is 21.8 Å². The van der Waals surface area contributed by atoms with Crippen LogP contribution < -0.4 is 20.1 Å². The molecule has 2 aliphatic heterocycles. The summed E-state index contributed by atoms with van der Waals surface area (Å²) in [7, 11) is 1.71. The van der Waals surface area contributed by atoms with Gasteiger partial charge in [0.1, 0.15) is 0 Å². The molecular formula is C16H21BrN2O4. The van der Waals surface area contributed by atoms with Gasteiger partial charge in [0, 0.05) is 24.6 Å². The molecule has 0 bridgehead atoms. The molecule has 1 amide bonds. The summed E-state index contributed by atoms with van der Waals surface area (Å²) in [5, 5.41) is 6.40. The number of carbonyl (C=O) groups is 1. The summed E-state index contributed by atoms with van der Waals surface area (Å²) >= 11 is 3.42. The van der Waals surface area contributed by atoms with Crippen molar-refractivity contribution in [1.82, 2.24) is 10.6 Å². The maximum Gasteiger partial charge on any atom is 0.251 e. The average molecular weight is 385 g/mol. The molecule has 23 heavy (non-hydrogen) atoms. The summed E-state index contributed by atoms with van der Waals surface area (Å²) in [5.74, 6) is 1.13. The van der Waals surface area contributed by atoms with E-state index in [1.165, 1.54) is 0 Å². The minimum atomic E-state index is -0.113. The van der Waals surface area contributed by atoms with Crippen LogP contribution in [-0.2, 0) is 4.74 Å². The monoisotopic (exact) mass is 384 g/mol. The van der Waals surface area contributed by atoms with Crippen LogP contribution in [0.1, 0.15) is 23.2 Å². The predicted octanol–water partition coefficient (Wildman–Crippen LogP) is 1.92. The molecule has 1 aromatic rings. The van der Waals surface area contributed by atoms with Crippen molar-refractivity contribution in [2.45, 2.75) is 12.8 Å². The molecular weight excluding hydrogens is 364 g/mol. The molecule has 2 N–H and O–H groups in total. The fourth-order valence-electron chi connectivity index (χ4n) is 3.10. The maximum absolute atomic E-state index is 12.5. The number of methoxy groups -OCH3 is 1. The highest BCUT2D eigenvalue weighted by atomic mass is 79.9. The Morgan fingerprint density at radius 1 is 1.39 bits per heavy atom. The second-order valence-corrected chi connectivity index (χ2v) is 6.91. The first-order chi connectivity index (χ1) is 11.1. The summed E-state index contributed by atoms with van der Waals surface area (Å²) < 4.78 is 16.8. The summed E-state index contributed by atoms with van der Waals surface area (Å²) in [4.78, 5) is 12.5. The highest BCUT2D eigenvalue weighted by Gasteiger charge is 2.32. The Labute approximate surface area is 144 Å². The maximum atomic E-state index is 12.5. The largest absolute Gasteiger partial charge is 0.454 e. The number of nitrogens with one attached hydrogen (secondary N) is 2. The SMILES string of the molecule is COCC1(CNC(=O)c2cc(Br)c3c(c2)OCO3)CCNCC1. The van der Waals surface area contributed by atoms with Crippen molar-refractivity contribution in [2.75, 3.05) is 40.1 Å². The van der Waals surface area contributed by atoms with E-state index in [0.29, 0.717) is 30.2 Å². The molecule has 2 heterocycles. The Morgan fingerprint density at radius 2 is 2.17 bits per heavy atom. The Balaban J connectivity index is 1.68. The first-order valence-corrected chi connectivity index (χ1v) is 8.50. The van der Waals surface area contributed by atoms with Crippen molar-refractivity contribution in [2.24, 2.45) is 5.41 Å². The third-order valence-corrected chi connectivity index (χ3v) is 5.02. The third kappa shape index (κ3) is 3.62. The van der Waals surface area contributed by atoms with Crippen molar-refractivity contribution in [3.8, 4) is 11.5 Å². The number of ether oxygens (including phenoxy) is 3. The molecule has 0 saturated carbocycles. The molecule has 0 spiro atoms. The number of carbonyl (C=O) groups excluding carboxylic acids is 1. The van der Waals surface area contributed by atoms with E-state index in [4.69, 9.17) is 14.2 Å². The van der Waals surface area contributed by atoms with E-state index in [9.17, 15) is 4.79 Å². The van der Waals surface area contributed by atoms with Crippen molar-refractivity contribution < 1.29 is 19.0 Å². The number of piperidine rings is 1. The van der Waals surface area contributed by atoms with Crippen molar-refractivity contribution in [1.29, 1.82) is 0 Å². The van der Waals surface area contributed by atoms with E-state index in [-0.39, 0.29) is 18.1 Å². The van der Waals surface area contributed by atoms with Crippen LogP contribution in [0.2, 0.25) is 0 Å². The van der Waals surface area contributed by atoms with Crippen LogP contribution in [0.15, 0.2) is 16.6 Å². The summed E-state index contributed by atoms with van der Waals surface area (Å²) in [6, 6.07) is 3.47. The fraction of sp³-hybridized carbons (Fsp3) is 0.562. The molecule has 126 valence electrons. The number of benzene rings is 1. The Kier molecular flexibility index (Phi) is 5.08. The lowest BCUT2D eigenvalue weighted by Gasteiger charge is -2.37. The van der Waals surface area contributed by atoms with Gasteiger partial charge in [-0.05, 0) is 54.0 Å². The van der Waals surface area contributed by atoms with Crippen LogP contribution in [0.5, 0.6) is 11.5 Å². The lowest BCUT2D eigenvalue weighted by atomic mass is 9.79. The molecule has 0 aliphatic carbocycles. The highest BCUT2D eigenvalue weighted by Crippen LogP contribution is 2.40. The second-order valence-electron chi connectivity index (χ2n) is 6.06. The van der Waals surface area contributed by atoms with Gasteiger partial charge in [-0.2, -0.15) is 0 Å². The number of rotatable bonds is 5. The zero-order valence-electron chi connectivity index (χ0n) is 13.1. The van der Waals surface area contributed by atoms with E-state index in [2.05, 4.69) is 26.6 Å². The first-order valence-electron chi connectivity index (χ1n) is 7.71. The molecule has 1 fully saturated rings. The molecule has 0 atom stereocenters. The van der Waals surface area contributed by atoms with E-state index in [0.717, 1.165) is 30.4 Å². The standard InChI is InChI=1S/C16H21BrN2O4/c1-21-9-16(2-4-18-5-3-16)8-19-15(20)11-6-12(17)14-13(7-11)22-10-23-14/h6-7,18H,2-5,8-10H2,1H3,(H,19,20). The van der Waals surface area contributed by atoms with Gasteiger partial charge in [0.05, 0.1) is 11.1 Å². The van der Waals surface area contributed by atoms with Gasteiger partial charge in [0.15, 0.2) is 11.5 Å². The average Bonchev–Trinajstić information content (AvgIpc) is 3.03. The quantitative estimate of drug-likeness (QED) is 0.811. The zero-order valence-corrected chi connectivity index (χ0v) is 14.7. The third-order valence-electron chi connectivity index (χ3n) is 4.43. The molecule has 0 aromatic heterocycles. The number of amides is 1. The number of hydrogen-bond donors (Lipinski definition) is 2. The van der Waals surface area contributed by atoms with Crippen LogP contribution in [0.4, 0.5) is 0 Å². The summed E-state index contributed by atoms with van der Waals surface area (Å²) in [6.45, 7) is 3.35.